The zero-order valence-electron chi connectivity index (χ0n) is 11.2. The Labute approximate surface area is 125 Å². The van der Waals surface area contributed by atoms with Crippen molar-refractivity contribution in [3.05, 3.63) is 53.5 Å². The molecule has 1 N–H and O–H groups in total. The van der Waals surface area contributed by atoms with E-state index in [0.29, 0.717) is 22.1 Å². The highest BCUT2D eigenvalue weighted by Crippen LogP contribution is 2.30. The van der Waals surface area contributed by atoms with Crippen molar-refractivity contribution < 1.29 is 14.3 Å². The van der Waals surface area contributed by atoms with E-state index in [4.69, 9.17) is 4.42 Å². The van der Waals surface area contributed by atoms with Gasteiger partial charge in [0.25, 0.3) is 0 Å². The van der Waals surface area contributed by atoms with Gasteiger partial charge in [0.2, 0.25) is 5.76 Å². The maximum atomic E-state index is 11.3. The molecule has 0 radical (unpaired) electrons. The highest BCUT2D eigenvalue weighted by molar-refractivity contribution is 7.98. The Kier molecular flexibility index (Phi) is 3.62. The lowest BCUT2D eigenvalue weighted by Crippen LogP contribution is -1.98. The zero-order valence-corrected chi connectivity index (χ0v) is 12.1. The van der Waals surface area contributed by atoms with Crippen LogP contribution >= 0.6 is 11.8 Å². The molecule has 0 aliphatic carbocycles. The number of thioether (sulfide) groups is 1. The van der Waals surface area contributed by atoms with E-state index in [9.17, 15) is 9.90 Å². The van der Waals surface area contributed by atoms with Gasteiger partial charge in [-0.2, -0.15) is 0 Å². The second-order valence-electron chi connectivity index (χ2n) is 4.48. The lowest BCUT2D eigenvalue weighted by atomic mass is 10.1. The normalized spacial score (nSPS) is 10.9. The second kappa shape index (κ2) is 5.57. The molecule has 1 aromatic carbocycles. The number of para-hydroxylation sites is 1. The van der Waals surface area contributed by atoms with Crippen molar-refractivity contribution in [1.82, 2.24) is 9.97 Å². The molecule has 21 heavy (non-hydrogen) atoms. The van der Waals surface area contributed by atoms with E-state index in [1.165, 1.54) is 11.8 Å². The zero-order chi connectivity index (χ0) is 14.8. The highest BCUT2D eigenvalue weighted by atomic mass is 32.2. The molecular weight excluding hydrogens is 288 g/mol. The number of hydrogen-bond acceptors (Lipinski definition) is 5. The van der Waals surface area contributed by atoms with E-state index < -0.39 is 5.97 Å². The Morgan fingerprint density at radius 1 is 1.33 bits per heavy atom. The minimum absolute atomic E-state index is 0.0173. The van der Waals surface area contributed by atoms with E-state index in [-0.39, 0.29) is 5.76 Å². The van der Waals surface area contributed by atoms with Crippen LogP contribution in [0.4, 0.5) is 0 Å². The molecule has 3 rings (SSSR count). The third kappa shape index (κ3) is 2.75. The molecule has 0 saturated carbocycles. The number of benzene rings is 1. The minimum Gasteiger partial charge on any atom is -0.475 e. The fraction of sp³-hybridized carbons (Fsp3) is 0.133. The maximum absolute atomic E-state index is 11.3. The fourth-order valence-corrected chi connectivity index (χ4v) is 2.95. The third-order valence-electron chi connectivity index (χ3n) is 3.01. The van der Waals surface area contributed by atoms with Crippen LogP contribution in [0.25, 0.3) is 11.0 Å². The molecule has 3 aromatic rings. The van der Waals surface area contributed by atoms with Gasteiger partial charge in [0.1, 0.15) is 5.58 Å². The maximum Gasteiger partial charge on any atom is 0.372 e. The van der Waals surface area contributed by atoms with Crippen LogP contribution in [-0.4, -0.2) is 21.0 Å². The molecule has 0 amide bonds. The quantitative estimate of drug-likeness (QED) is 0.587. The molecule has 0 aliphatic rings. The molecule has 0 aliphatic heterocycles. The molecule has 106 valence electrons. The van der Waals surface area contributed by atoms with E-state index >= 15 is 0 Å². The predicted octanol–water partition coefficient (Wildman–Crippen LogP) is 3.52. The smallest absolute Gasteiger partial charge is 0.372 e. The summed E-state index contributed by atoms with van der Waals surface area (Å²) in [6.45, 7) is 1.89. The van der Waals surface area contributed by atoms with Gasteiger partial charge in [0.15, 0.2) is 5.16 Å². The van der Waals surface area contributed by atoms with Gasteiger partial charge in [-0.05, 0) is 19.1 Å². The number of aromatic carboxylic acids is 1. The standard InChI is InChI=1S/C15H12N2O3S/c1-9-6-7-16-15(17-9)21-8-11-10-4-2-3-5-12(10)20-13(11)14(18)19/h2-7H,8H2,1H3,(H,18,19). The summed E-state index contributed by atoms with van der Waals surface area (Å²) < 4.78 is 5.42. The SMILES string of the molecule is Cc1ccnc(SCc2c(C(=O)O)oc3ccccc23)n1. The molecule has 0 atom stereocenters. The van der Waals surface area contributed by atoms with E-state index in [2.05, 4.69) is 9.97 Å². The monoisotopic (exact) mass is 300 g/mol. The first-order valence-corrected chi connectivity index (χ1v) is 7.30. The van der Waals surface area contributed by atoms with Crippen molar-refractivity contribution in [2.45, 2.75) is 17.8 Å². The molecule has 0 unspecified atom stereocenters. The third-order valence-corrected chi connectivity index (χ3v) is 3.90. The van der Waals surface area contributed by atoms with Gasteiger partial charge in [-0.1, -0.05) is 30.0 Å². The molecular formula is C15H12N2O3S. The summed E-state index contributed by atoms with van der Waals surface area (Å²) in [4.78, 5) is 19.8. The molecule has 0 bridgehead atoms. The van der Waals surface area contributed by atoms with Crippen molar-refractivity contribution in [3.8, 4) is 0 Å². The van der Waals surface area contributed by atoms with Crippen molar-refractivity contribution in [2.75, 3.05) is 0 Å². The summed E-state index contributed by atoms with van der Waals surface area (Å²) in [5, 5.41) is 10.7. The Hall–Kier alpha value is -2.34. The van der Waals surface area contributed by atoms with Gasteiger partial charge < -0.3 is 9.52 Å². The van der Waals surface area contributed by atoms with Crippen LogP contribution in [0.15, 0.2) is 46.1 Å². The summed E-state index contributed by atoms with van der Waals surface area (Å²) in [5.41, 5.74) is 2.12. The van der Waals surface area contributed by atoms with E-state index in [1.807, 2.05) is 31.2 Å². The summed E-state index contributed by atoms with van der Waals surface area (Å²) in [7, 11) is 0. The predicted molar refractivity (Wildman–Crippen MR) is 79.5 cm³/mol. The first-order valence-electron chi connectivity index (χ1n) is 6.31. The average molecular weight is 300 g/mol. The summed E-state index contributed by atoms with van der Waals surface area (Å²) in [6, 6.07) is 9.12. The van der Waals surface area contributed by atoms with Crippen LogP contribution in [0.3, 0.4) is 0 Å². The molecule has 0 saturated heterocycles. The molecule has 0 spiro atoms. The number of rotatable bonds is 4. The lowest BCUT2D eigenvalue weighted by molar-refractivity contribution is 0.0664. The van der Waals surface area contributed by atoms with Crippen LogP contribution < -0.4 is 0 Å². The van der Waals surface area contributed by atoms with Gasteiger partial charge in [0.05, 0.1) is 0 Å². The molecule has 2 aromatic heterocycles. The van der Waals surface area contributed by atoms with Crippen LogP contribution in [0.1, 0.15) is 21.8 Å². The number of aromatic nitrogens is 2. The fourth-order valence-electron chi connectivity index (χ4n) is 2.05. The van der Waals surface area contributed by atoms with Gasteiger partial charge in [-0.15, -0.1) is 0 Å². The summed E-state index contributed by atoms with van der Waals surface area (Å²) >= 11 is 1.39. The van der Waals surface area contributed by atoms with Gasteiger partial charge in [-0.25, -0.2) is 14.8 Å². The van der Waals surface area contributed by atoms with Crippen LogP contribution in [-0.2, 0) is 5.75 Å². The van der Waals surface area contributed by atoms with Crippen molar-refractivity contribution in [1.29, 1.82) is 0 Å². The second-order valence-corrected chi connectivity index (χ2v) is 5.42. The Morgan fingerprint density at radius 2 is 2.14 bits per heavy atom. The number of aryl methyl sites for hydroxylation is 1. The number of carboxylic acids is 1. The van der Waals surface area contributed by atoms with E-state index in [0.717, 1.165) is 11.1 Å². The van der Waals surface area contributed by atoms with Gasteiger partial charge in [-0.3, -0.25) is 0 Å². The minimum atomic E-state index is -1.06. The van der Waals surface area contributed by atoms with Crippen molar-refractivity contribution in [3.63, 3.8) is 0 Å². The van der Waals surface area contributed by atoms with Crippen molar-refractivity contribution >= 4 is 28.7 Å². The topological polar surface area (TPSA) is 76.2 Å². The first-order chi connectivity index (χ1) is 10.1. The largest absolute Gasteiger partial charge is 0.475 e. The van der Waals surface area contributed by atoms with Gasteiger partial charge in [0, 0.05) is 28.6 Å². The van der Waals surface area contributed by atoms with E-state index in [1.54, 1.807) is 12.3 Å². The number of carboxylic acid groups (broad SMARTS) is 1. The molecule has 5 nitrogen and oxygen atoms in total. The average Bonchev–Trinajstić information content (AvgIpc) is 2.84. The lowest BCUT2D eigenvalue weighted by Gasteiger charge is -2.01. The molecule has 0 fully saturated rings. The summed E-state index contributed by atoms with van der Waals surface area (Å²) in [5.74, 6) is -0.634. The first kappa shape index (κ1) is 13.6. The van der Waals surface area contributed by atoms with Crippen LogP contribution in [0.2, 0.25) is 0 Å². The Morgan fingerprint density at radius 3 is 2.90 bits per heavy atom. The number of fused-ring (bicyclic) bond motifs is 1. The van der Waals surface area contributed by atoms with Crippen LogP contribution in [0, 0.1) is 6.92 Å². The van der Waals surface area contributed by atoms with Crippen molar-refractivity contribution in [2.24, 2.45) is 0 Å². The number of hydrogen-bond donors (Lipinski definition) is 1. The molecule has 6 heteroatoms. The summed E-state index contributed by atoms with van der Waals surface area (Å²) in [6.07, 6.45) is 1.69. The number of furan rings is 1. The Bertz CT molecular complexity index is 814. The number of nitrogens with zero attached hydrogens (tertiary/aromatic N) is 2. The van der Waals surface area contributed by atoms with Gasteiger partial charge >= 0.3 is 5.97 Å². The highest BCUT2D eigenvalue weighted by Gasteiger charge is 2.19. The molecule has 2 heterocycles. The van der Waals surface area contributed by atoms with Crippen LogP contribution in [0.5, 0.6) is 0 Å². The Balaban J connectivity index is 1.95. The number of carbonyl (C=O) groups is 1.